The maximum Gasteiger partial charge on any atom is 0.246 e. The molecule has 2 amide bonds. The fraction of sp³-hybridized carbons (Fsp3) is 0.867. The van der Waals surface area contributed by atoms with Crippen LogP contribution < -0.4 is 0 Å². The van der Waals surface area contributed by atoms with Crippen molar-refractivity contribution in [3.8, 4) is 0 Å². The largest absolute Gasteiger partial charge is 0.338 e. The fourth-order valence-corrected chi connectivity index (χ4v) is 4.82. The molecule has 2 heterocycles. The van der Waals surface area contributed by atoms with Gasteiger partial charge in [0.05, 0.1) is 4.87 Å². The van der Waals surface area contributed by atoms with E-state index in [0.29, 0.717) is 18.4 Å². The standard InChI is InChI=1S/C15H24N2O2S/c1-10(2)8-16(11-4-5-11)14(19)12-9-20-15(3)7-6-13(18)17(12)15/h10-12H,4-9H2,1-3H3/t12-,15+/m0/s1. The predicted molar refractivity (Wildman–Crippen MR) is 80.3 cm³/mol. The Morgan fingerprint density at radius 3 is 2.80 bits per heavy atom. The Bertz CT molecular complexity index is 436. The summed E-state index contributed by atoms with van der Waals surface area (Å²) in [7, 11) is 0. The first-order valence-electron chi connectivity index (χ1n) is 7.69. The minimum atomic E-state index is -0.223. The third-order valence-electron chi connectivity index (χ3n) is 4.56. The molecular formula is C15H24N2O2S. The Morgan fingerprint density at radius 1 is 1.50 bits per heavy atom. The van der Waals surface area contributed by atoms with Gasteiger partial charge in [0, 0.05) is 24.8 Å². The van der Waals surface area contributed by atoms with E-state index in [1.54, 1.807) is 11.8 Å². The van der Waals surface area contributed by atoms with Gasteiger partial charge < -0.3 is 9.80 Å². The van der Waals surface area contributed by atoms with Crippen LogP contribution in [-0.2, 0) is 9.59 Å². The van der Waals surface area contributed by atoms with E-state index in [1.165, 1.54) is 0 Å². The summed E-state index contributed by atoms with van der Waals surface area (Å²) in [5, 5.41) is 0. The molecule has 0 spiro atoms. The van der Waals surface area contributed by atoms with Crippen LogP contribution in [0.15, 0.2) is 0 Å². The second kappa shape index (κ2) is 4.93. The lowest BCUT2D eigenvalue weighted by atomic mass is 10.1. The van der Waals surface area contributed by atoms with Gasteiger partial charge >= 0.3 is 0 Å². The van der Waals surface area contributed by atoms with Crippen LogP contribution in [0.25, 0.3) is 0 Å². The van der Waals surface area contributed by atoms with Crippen molar-refractivity contribution in [1.82, 2.24) is 9.80 Å². The van der Waals surface area contributed by atoms with Gasteiger partial charge in [-0.05, 0) is 32.1 Å². The minimum absolute atomic E-state index is 0.134. The lowest BCUT2D eigenvalue weighted by Crippen LogP contribution is -2.52. The number of thioether (sulfide) groups is 1. The maximum atomic E-state index is 12.9. The summed E-state index contributed by atoms with van der Waals surface area (Å²) in [6.07, 6.45) is 3.74. The maximum absolute atomic E-state index is 12.9. The number of hydrogen-bond acceptors (Lipinski definition) is 3. The van der Waals surface area contributed by atoms with E-state index in [4.69, 9.17) is 0 Å². The summed E-state index contributed by atoms with van der Waals surface area (Å²) in [6.45, 7) is 7.23. The average molecular weight is 296 g/mol. The molecule has 0 radical (unpaired) electrons. The summed E-state index contributed by atoms with van der Waals surface area (Å²) in [5.74, 6) is 1.60. The second-order valence-electron chi connectivity index (χ2n) is 6.88. The van der Waals surface area contributed by atoms with Crippen LogP contribution in [0, 0.1) is 5.92 Å². The van der Waals surface area contributed by atoms with Crippen LogP contribution in [0.2, 0.25) is 0 Å². The van der Waals surface area contributed by atoms with Gasteiger partial charge in [-0.3, -0.25) is 9.59 Å². The molecule has 0 aromatic rings. The van der Waals surface area contributed by atoms with Crippen LogP contribution in [0.5, 0.6) is 0 Å². The number of hydrogen-bond donors (Lipinski definition) is 0. The smallest absolute Gasteiger partial charge is 0.246 e. The first-order valence-corrected chi connectivity index (χ1v) is 8.67. The molecule has 0 bridgehead atoms. The zero-order chi connectivity index (χ0) is 14.5. The summed E-state index contributed by atoms with van der Waals surface area (Å²) in [5.41, 5.74) is 0. The summed E-state index contributed by atoms with van der Waals surface area (Å²) in [6, 6.07) is 0.207. The third kappa shape index (κ3) is 2.34. The molecule has 2 saturated heterocycles. The van der Waals surface area contributed by atoms with E-state index in [9.17, 15) is 9.59 Å². The Labute approximate surface area is 125 Å². The molecule has 4 nitrogen and oxygen atoms in total. The SMILES string of the molecule is CC(C)CN(C(=O)[C@@H]1CS[C@]2(C)CCC(=O)N12)C1CC1. The summed E-state index contributed by atoms with van der Waals surface area (Å²) in [4.78, 5) is 28.9. The molecule has 3 aliphatic rings. The molecule has 20 heavy (non-hydrogen) atoms. The van der Waals surface area contributed by atoms with Crippen molar-refractivity contribution < 1.29 is 9.59 Å². The van der Waals surface area contributed by atoms with Crippen molar-refractivity contribution >= 4 is 23.6 Å². The summed E-state index contributed by atoms with van der Waals surface area (Å²) < 4.78 is 0. The first-order chi connectivity index (χ1) is 9.42. The molecule has 5 heteroatoms. The number of nitrogens with zero attached hydrogens (tertiary/aromatic N) is 2. The van der Waals surface area contributed by atoms with E-state index < -0.39 is 0 Å². The van der Waals surface area contributed by atoms with E-state index >= 15 is 0 Å². The number of amides is 2. The van der Waals surface area contributed by atoms with Gasteiger partial charge in [-0.25, -0.2) is 0 Å². The molecule has 112 valence electrons. The van der Waals surface area contributed by atoms with Crippen LogP contribution >= 0.6 is 11.8 Å². The molecule has 0 aromatic heterocycles. The number of rotatable bonds is 4. The highest BCUT2D eigenvalue weighted by Gasteiger charge is 2.54. The number of carbonyl (C=O) groups excluding carboxylic acids is 2. The van der Waals surface area contributed by atoms with Crippen molar-refractivity contribution in [2.75, 3.05) is 12.3 Å². The Morgan fingerprint density at radius 2 is 2.20 bits per heavy atom. The van der Waals surface area contributed by atoms with Crippen LogP contribution in [-0.4, -0.2) is 50.9 Å². The van der Waals surface area contributed by atoms with Gasteiger partial charge in [0.2, 0.25) is 11.8 Å². The third-order valence-corrected chi connectivity index (χ3v) is 6.07. The van der Waals surface area contributed by atoms with Crippen molar-refractivity contribution in [1.29, 1.82) is 0 Å². The van der Waals surface area contributed by atoms with Crippen molar-refractivity contribution in [2.24, 2.45) is 5.92 Å². The highest BCUT2D eigenvalue weighted by atomic mass is 32.2. The molecule has 1 saturated carbocycles. The first kappa shape index (κ1) is 14.2. The molecule has 0 unspecified atom stereocenters. The number of carbonyl (C=O) groups is 2. The van der Waals surface area contributed by atoms with E-state index in [2.05, 4.69) is 20.8 Å². The number of fused-ring (bicyclic) bond motifs is 1. The Balaban J connectivity index is 1.77. The van der Waals surface area contributed by atoms with Crippen LogP contribution in [0.3, 0.4) is 0 Å². The van der Waals surface area contributed by atoms with Crippen LogP contribution in [0.1, 0.15) is 46.5 Å². The lowest BCUT2D eigenvalue weighted by molar-refractivity contribution is -0.144. The van der Waals surface area contributed by atoms with Gasteiger partial charge in [0.15, 0.2) is 0 Å². The quantitative estimate of drug-likeness (QED) is 0.797. The van der Waals surface area contributed by atoms with E-state index in [0.717, 1.165) is 31.6 Å². The average Bonchev–Trinajstić information content (AvgIpc) is 3.10. The zero-order valence-electron chi connectivity index (χ0n) is 12.6. The molecular weight excluding hydrogens is 272 g/mol. The van der Waals surface area contributed by atoms with Gasteiger partial charge in [0.25, 0.3) is 0 Å². The lowest BCUT2D eigenvalue weighted by Gasteiger charge is -2.34. The molecule has 2 aliphatic heterocycles. The molecule has 2 atom stereocenters. The highest BCUT2D eigenvalue weighted by Crippen LogP contribution is 2.48. The van der Waals surface area contributed by atoms with Gasteiger partial charge in [0.1, 0.15) is 6.04 Å². The Kier molecular flexibility index (Phi) is 3.51. The molecule has 3 fully saturated rings. The summed E-state index contributed by atoms with van der Waals surface area (Å²) >= 11 is 1.78. The van der Waals surface area contributed by atoms with E-state index in [-0.39, 0.29) is 22.7 Å². The topological polar surface area (TPSA) is 40.6 Å². The predicted octanol–water partition coefficient (Wildman–Crippen LogP) is 2.09. The normalized spacial score (nSPS) is 32.9. The van der Waals surface area contributed by atoms with Gasteiger partial charge in [-0.2, -0.15) is 0 Å². The molecule has 0 N–H and O–H groups in total. The monoisotopic (exact) mass is 296 g/mol. The minimum Gasteiger partial charge on any atom is -0.338 e. The van der Waals surface area contributed by atoms with Gasteiger partial charge in [-0.15, -0.1) is 11.8 Å². The van der Waals surface area contributed by atoms with Crippen molar-refractivity contribution in [2.45, 2.75) is 63.4 Å². The molecule has 1 aliphatic carbocycles. The highest BCUT2D eigenvalue weighted by molar-refractivity contribution is 8.01. The zero-order valence-corrected chi connectivity index (χ0v) is 13.4. The van der Waals surface area contributed by atoms with Crippen LogP contribution in [0.4, 0.5) is 0 Å². The molecule has 3 rings (SSSR count). The fourth-order valence-electron chi connectivity index (χ4n) is 3.39. The second-order valence-corrected chi connectivity index (χ2v) is 8.38. The van der Waals surface area contributed by atoms with Crippen molar-refractivity contribution in [3.63, 3.8) is 0 Å². The van der Waals surface area contributed by atoms with Crippen molar-refractivity contribution in [3.05, 3.63) is 0 Å². The molecule has 0 aromatic carbocycles. The Hall–Kier alpha value is -0.710. The van der Waals surface area contributed by atoms with E-state index in [1.807, 2.05) is 9.80 Å². The van der Waals surface area contributed by atoms with Gasteiger partial charge in [-0.1, -0.05) is 13.8 Å².